The average molecular weight is 264 g/mol. The lowest BCUT2D eigenvalue weighted by atomic mass is 10.3. The second-order valence-corrected chi connectivity index (χ2v) is 4.34. The molecule has 2 rings (SSSR count). The van der Waals surface area contributed by atoms with E-state index < -0.39 is 5.97 Å². The van der Waals surface area contributed by atoms with E-state index in [4.69, 9.17) is 4.74 Å². The minimum Gasteiger partial charge on any atom is -0.462 e. The van der Waals surface area contributed by atoms with Gasteiger partial charge in [0.2, 0.25) is 0 Å². The lowest BCUT2D eigenvalue weighted by Gasteiger charge is -2.04. The van der Waals surface area contributed by atoms with Crippen LogP contribution in [0.15, 0.2) is 29.8 Å². The number of thiophene rings is 1. The SMILES string of the molecule is CCOC(=O)c1ccsc1NC(=O)c1ccc[nH]1. The molecule has 2 aromatic heterocycles. The summed E-state index contributed by atoms with van der Waals surface area (Å²) in [6.45, 7) is 2.04. The van der Waals surface area contributed by atoms with Gasteiger partial charge in [0.15, 0.2) is 0 Å². The molecule has 1 amide bonds. The predicted molar refractivity (Wildman–Crippen MR) is 69.0 cm³/mol. The summed E-state index contributed by atoms with van der Waals surface area (Å²) in [5, 5.41) is 4.91. The second-order valence-electron chi connectivity index (χ2n) is 3.42. The van der Waals surface area contributed by atoms with Gasteiger partial charge in [0, 0.05) is 6.20 Å². The molecule has 2 N–H and O–H groups in total. The number of esters is 1. The Hall–Kier alpha value is -2.08. The van der Waals surface area contributed by atoms with Crippen LogP contribution in [0, 0.1) is 0 Å². The number of hydrogen-bond acceptors (Lipinski definition) is 4. The van der Waals surface area contributed by atoms with Crippen molar-refractivity contribution in [3.63, 3.8) is 0 Å². The van der Waals surface area contributed by atoms with Crippen molar-refractivity contribution in [3.8, 4) is 0 Å². The quantitative estimate of drug-likeness (QED) is 0.833. The van der Waals surface area contributed by atoms with Gasteiger partial charge >= 0.3 is 5.97 Å². The van der Waals surface area contributed by atoms with E-state index in [1.807, 2.05) is 0 Å². The molecule has 0 saturated carbocycles. The highest BCUT2D eigenvalue weighted by Gasteiger charge is 2.16. The van der Waals surface area contributed by atoms with E-state index in [9.17, 15) is 9.59 Å². The number of H-pyrrole nitrogens is 1. The van der Waals surface area contributed by atoms with Gasteiger partial charge in [-0.05, 0) is 30.5 Å². The number of nitrogens with one attached hydrogen (secondary N) is 2. The van der Waals surface area contributed by atoms with E-state index in [1.54, 1.807) is 36.7 Å². The van der Waals surface area contributed by atoms with E-state index in [0.717, 1.165) is 0 Å². The zero-order chi connectivity index (χ0) is 13.0. The number of anilines is 1. The number of rotatable bonds is 4. The number of aromatic nitrogens is 1. The molecule has 0 radical (unpaired) electrons. The highest BCUT2D eigenvalue weighted by molar-refractivity contribution is 7.14. The first kappa shape index (κ1) is 12.4. The van der Waals surface area contributed by atoms with Crippen molar-refractivity contribution in [1.29, 1.82) is 0 Å². The summed E-state index contributed by atoms with van der Waals surface area (Å²) < 4.78 is 4.91. The van der Waals surface area contributed by atoms with Crippen molar-refractivity contribution in [2.75, 3.05) is 11.9 Å². The number of hydrogen-bond donors (Lipinski definition) is 2. The molecule has 6 heteroatoms. The molecule has 18 heavy (non-hydrogen) atoms. The predicted octanol–water partition coefficient (Wildman–Crippen LogP) is 2.51. The van der Waals surface area contributed by atoms with E-state index in [1.165, 1.54) is 11.3 Å². The molecule has 0 saturated heterocycles. The minimum atomic E-state index is -0.430. The second kappa shape index (κ2) is 5.50. The normalized spacial score (nSPS) is 10.1. The first-order valence-electron chi connectivity index (χ1n) is 5.41. The zero-order valence-corrected chi connectivity index (χ0v) is 10.5. The number of aromatic amines is 1. The van der Waals surface area contributed by atoms with Crippen LogP contribution < -0.4 is 5.32 Å². The largest absolute Gasteiger partial charge is 0.462 e. The Bertz CT molecular complexity index is 545. The topological polar surface area (TPSA) is 71.2 Å². The molecule has 0 bridgehead atoms. The third-order valence-electron chi connectivity index (χ3n) is 2.23. The number of carbonyl (C=O) groups excluding carboxylic acids is 2. The lowest BCUT2D eigenvalue weighted by molar-refractivity contribution is 0.0528. The summed E-state index contributed by atoms with van der Waals surface area (Å²) in [4.78, 5) is 26.2. The maximum absolute atomic E-state index is 11.8. The van der Waals surface area contributed by atoms with E-state index in [-0.39, 0.29) is 5.91 Å². The first-order valence-corrected chi connectivity index (χ1v) is 6.29. The van der Waals surface area contributed by atoms with Crippen LogP contribution in [-0.4, -0.2) is 23.5 Å². The molecule has 2 heterocycles. The van der Waals surface area contributed by atoms with Gasteiger partial charge in [-0.2, -0.15) is 0 Å². The average Bonchev–Trinajstić information content (AvgIpc) is 2.99. The summed E-state index contributed by atoms with van der Waals surface area (Å²) in [5.41, 5.74) is 0.819. The zero-order valence-electron chi connectivity index (χ0n) is 9.73. The van der Waals surface area contributed by atoms with E-state index >= 15 is 0 Å². The van der Waals surface area contributed by atoms with Crippen molar-refractivity contribution in [2.24, 2.45) is 0 Å². The fourth-order valence-corrected chi connectivity index (χ4v) is 2.19. The molecule has 0 aromatic carbocycles. The highest BCUT2D eigenvalue weighted by Crippen LogP contribution is 2.24. The van der Waals surface area contributed by atoms with Crippen LogP contribution >= 0.6 is 11.3 Å². The van der Waals surface area contributed by atoms with Gasteiger partial charge in [0.05, 0.1) is 12.2 Å². The van der Waals surface area contributed by atoms with Crippen molar-refractivity contribution in [3.05, 3.63) is 41.0 Å². The molecule has 0 aliphatic carbocycles. The Labute approximate surface area is 108 Å². The van der Waals surface area contributed by atoms with Gasteiger partial charge in [-0.1, -0.05) is 0 Å². The fraction of sp³-hybridized carbons (Fsp3) is 0.167. The van der Waals surface area contributed by atoms with Gasteiger partial charge in [0.1, 0.15) is 10.7 Å². The molecule has 94 valence electrons. The van der Waals surface area contributed by atoms with Crippen LogP contribution in [0.3, 0.4) is 0 Å². The third kappa shape index (κ3) is 2.60. The standard InChI is InChI=1S/C12H12N2O3S/c1-2-17-12(16)8-5-7-18-11(8)14-10(15)9-4-3-6-13-9/h3-7,13H,2H2,1H3,(H,14,15). The van der Waals surface area contributed by atoms with Gasteiger partial charge in [0.25, 0.3) is 5.91 Å². The molecule has 5 nitrogen and oxygen atoms in total. The van der Waals surface area contributed by atoms with Crippen LogP contribution in [0.2, 0.25) is 0 Å². The molecular formula is C12H12N2O3S. The third-order valence-corrected chi connectivity index (χ3v) is 3.06. The Morgan fingerprint density at radius 3 is 2.94 bits per heavy atom. The number of carbonyl (C=O) groups is 2. The summed E-state index contributed by atoms with van der Waals surface area (Å²) in [6, 6.07) is 5.02. The number of ether oxygens (including phenoxy) is 1. The summed E-state index contributed by atoms with van der Waals surface area (Å²) in [6.07, 6.45) is 1.66. The van der Waals surface area contributed by atoms with Gasteiger partial charge in [-0.15, -0.1) is 11.3 Å². The smallest absolute Gasteiger partial charge is 0.341 e. The molecule has 0 aliphatic rings. The van der Waals surface area contributed by atoms with Crippen LogP contribution in [-0.2, 0) is 4.74 Å². The van der Waals surface area contributed by atoms with Gasteiger partial charge in [-0.25, -0.2) is 4.79 Å². The monoisotopic (exact) mass is 264 g/mol. The Morgan fingerprint density at radius 2 is 2.28 bits per heavy atom. The fourth-order valence-electron chi connectivity index (χ4n) is 1.42. The Morgan fingerprint density at radius 1 is 1.44 bits per heavy atom. The molecule has 2 aromatic rings. The molecule has 0 fully saturated rings. The molecular weight excluding hydrogens is 252 g/mol. The highest BCUT2D eigenvalue weighted by atomic mass is 32.1. The maximum Gasteiger partial charge on any atom is 0.341 e. The summed E-state index contributed by atoms with van der Waals surface area (Å²) >= 11 is 1.28. The van der Waals surface area contributed by atoms with Gasteiger partial charge in [-0.3, -0.25) is 4.79 Å². The van der Waals surface area contributed by atoms with Crippen molar-refractivity contribution < 1.29 is 14.3 Å². The van der Waals surface area contributed by atoms with Crippen LogP contribution in [0.1, 0.15) is 27.8 Å². The first-order chi connectivity index (χ1) is 8.72. The molecule has 0 atom stereocenters. The van der Waals surface area contributed by atoms with E-state index in [0.29, 0.717) is 22.9 Å². The molecule has 0 unspecified atom stereocenters. The Balaban J connectivity index is 2.13. The lowest BCUT2D eigenvalue weighted by Crippen LogP contribution is -2.14. The summed E-state index contributed by atoms with van der Waals surface area (Å²) in [5.74, 6) is -0.714. The van der Waals surface area contributed by atoms with Crippen molar-refractivity contribution >= 4 is 28.2 Å². The van der Waals surface area contributed by atoms with Crippen LogP contribution in [0.5, 0.6) is 0 Å². The minimum absolute atomic E-state index is 0.284. The molecule has 0 spiro atoms. The van der Waals surface area contributed by atoms with Gasteiger partial charge < -0.3 is 15.0 Å². The molecule has 0 aliphatic heterocycles. The van der Waals surface area contributed by atoms with Crippen molar-refractivity contribution in [2.45, 2.75) is 6.92 Å². The maximum atomic E-state index is 11.8. The number of amides is 1. The van der Waals surface area contributed by atoms with Crippen LogP contribution in [0.25, 0.3) is 0 Å². The van der Waals surface area contributed by atoms with E-state index in [2.05, 4.69) is 10.3 Å². The summed E-state index contributed by atoms with van der Waals surface area (Å²) in [7, 11) is 0. The van der Waals surface area contributed by atoms with Crippen molar-refractivity contribution in [1.82, 2.24) is 4.98 Å². The Kier molecular flexibility index (Phi) is 3.78. The van der Waals surface area contributed by atoms with Crippen LogP contribution in [0.4, 0.5) is 5.00 Å².